The van der Waals surface area contributed by atoms with E-state index in [-0.39, 0.29) is 17.9 Å². The van der Waals surface area contributed by atoms with Gasteiger partial charge in [0.1, 0.15) is 5.69 Å². The molecule has 0 unspecified atom stereocenters. The quantitative estimate of drug-likeness (QED) is 0.794. The second kappa shape index (κ2) is 5.63. The Hall–Kier alpha value is -1.89. The van der Waals surface area contributed by atoms with Crippen LogP contribution in [0.25, 0.3) is 0 Å². The Morgan fingerprint density at radius 2 is 2.30 bits per heavy atom. The highest BCUT2D eigenvalue weighted by molar-refractivity contribution is 5.92. The summed E-state index contributed by atoms with van der Waals surface area (Å²) < 4.78 is 7.68. The van der Waals surface area contributed by atoms with E-state index in [4.69, 9.17) is 4.74 Å². The van der Waals surface area contributed by atoms with Crippen LogP contribution in [0.15, 0.2) is 12.5 Å². The number of ether oxygens (including phenoxy) is 1. The van der Waals surface area contributed by atoms with Crippen LogP contribution in [0.4, 0.5) is 0 Å². The monoisotopic (exact) mass is 318 g/mol. The molecule has 7 heteroatoms. The van der Waals surface area contributed by atoms with Crippen LogP contribution in [-0.2, 0) is 16.6 Å². The fraction of sp³-hybridized carbons (Fsp3) is 0.688. The van der Waals surface area contributed by atoms with Crippen molar-refractivity contribution in [2.24, 2.45) is 18.9 Å². The van der Waals surface area contributed by atoms with Crippen molar-refractivity contribution < 1.29 is 14.3 Å². The highest BCUT2D eigenvalue weighted by atomic mass is 16.5. The van der Waals surface area contributed by atoms with E-state index in [1.807, 2.05) is 16.8 Å². The van der Waals surface area contributed by atoms with Gasteiger partial charge in [0.05, 0.1) is 19.0 Å². The van der Waals surface area contributed by atoms with Gasteiger partial charge in [-0.05, 0) is 6.42 Å². The molecule has 1 aromatic heterocycles. The summed E-state index contributed by atoms with van der Waals surface area (Å²) in [5.41, 5.74) is 0.485. The summed E-state index contributed by atoms with van der Waals surface area (Å²) in [5.74, 6) is 0.895. The molecule has 0 bridgehead atoms. The molecule has 3 saturated heterocycles. The second-order valence-corrected chi connectivity index (χ2v) is 6.87. The Bertz CT molecular complexity index is 629. The predicted octanol–water partition coefficient (Wildman–Crippen LogP) is 0.130. The summed E-state index contributed by atoms with van der Waals surface area (Å²) in [4.78, 5) is 32.3. The number of aromatic nitrogens is 2. The lowest BCUT2D eigenvalue weighted by Gasteiger charge is -2.24. The Balaban J connectivity index is 1.41. The number of fused-ring (bicyclic) bond motifs is 1. The third-order valence-electron chi connectivity index (χ3n) is 5.28. The molecule has 0 aromatic carbocycles. The van der Waals surface area contributed by atoms with E-state index in [0.29, 0.717) is 43.6 Å². The molecule has 7 nitrogen and oxygen atoms in total. The number of carbonyl (C=O) groups is 2. The van der Waals surface area contributed by atoms with Crippen LogP contribution in [0.5, 0.6) is 0 Å². The molecule has 0 N–H and O–H groups in total. The maximum Gasteiger partial charge on any atom is 0.274 e. The molecular formula is C16H22N4O3. The van der Waals surface area contributed by atoms with Gasteiger partial charge in [0, 0.05) is 57.7 Å². The number of imidazole rings is 1. The number of nitrogens with zero attached hydrogens (tertiary/aromatic N) is 4. The van der Waals surface area contributed by atoms with E-state index < -0.39 is 0 Å². The van der Waals surface area contributed by atoms with Crippen molar-refractivity contribution in [1.29, 1.82) is 0 Å². The van der Waals surface area contributed by atoms with Crippen LogP contribution in [0.1, 0.15) is 23.3 Å². The fourth-order valence-corrected chi connectivity index (χ4v) is 4.02. The van der Waals surface area contributed by atoms with E-state index in [0.717, 1.165) is 19.5 Å². The molecule has 3 aliphatic heterocycles. The first-order valence-corrected chi connectivity index (χ1v) is 8.28. The molecule has 4 rings (SSSR count). The number of hydrogen-bond donors (Lipinski definition) is 0. The van der Waals surface area contributed by atoms with Gasteiger partial charge in [-0.25, -0.2) is 4.98 Å². The molecule has 0 spiro atoms. The maximum absolute atomic E-state index is 12.5. The lowest BCUT2D eigenvalue weighted by molar-refractivity contribution is -0.128. The van der Waals surface area contributed by atoms with Gasteiger partial charge in [-0.3, -0.25) is 9.59 Å². The Morgan fingerprint density at radius 3 is 3.00 bits per heavy atom. The average Bonchev–Trinajstić information content (AvgIpc) is 3.26. The molecule has 23 heavy (non-hydrogen) atoms. The van der Waals surface area contributed by atoms with E-state index >= 15 is 0 Å². The Kier molecular flexibility index (Phi) is 3.60. The van der Waals surface area contributed by atoms with Crippen molar-refractivity contribution in [3.63, 3.8) is 0 Å². The van der Waals surface area contributed by atoms with Gasteiger partial charge in [-0.2, -0.15) is 0 Å². The largest absolute Gasteiger partial charge is 0.376 e. The molecule has 0 radical (unpaired) electrons. The number of carbonyl (C=O) groups excluding carboxylic acids is 2. The van der Waals surface area contributed by atoms with Crippen LogP contribution >= 0.6 is 0 Å². The van der Waals surface area contributed by atoms with E-state index in [1.165, 1.54) is 0 Å². The molecule has 124 valence electrons. The summed E-state index contributed by atoms with van der Waals surface area (Å²) in [6.07, 6.45) is 5.13. The van der Waals surface area contributed by atoms with Gasteiger partial charge < -0.3 is 19.1 Å². The number of likely N-dealkylation sites (tertiary alicyclic amines) is 2. The third-order valence-corrected chi connectivity index (χ3v) is 5.28. The highest BCUT2D eigenvalue weighted by Gasteiger charge is 2.46. The molecular weight excluding hydrogens is 296 g/mol. The van der Waals surface area contributed by atoms with Crippen molar-refractivity contribution in [1.82, 2.24) is 19.4 Å². The van der Waals surface area contributed by atoms with Gasteiger partial charge in [-0.15, -0.1) is 0 Å². The Labute approximate surface area is 135 Å². The highest BCUT2D eigenvalue weighted by Crippen LogP contribution is 2.35. The minimum absolute atomic E-state index is 0.0281. The van der Waals surface area contributed by atoms with Gasteiger partial charge in [0.2, 0.25) is 5.91 Å². The minimum atomic E-state index is -0.0281. The van der Waals surface area contributed by atoms with Crippen molar-refractivity contribution >= 4 is 11.8 Å². The van der Waals surface area contributed by atoms with Gasteiger partial charge in [-0.1, -0.05) is 0 Å². The molecule has 2 amide bonds. The summed E-state index contributed by atoms with van der Waals surface area (Å²) in [6, 6.07) is 0. The van der Waals surface area contributed by atoms with Crippen LogP contribution in [0.2, 0.25) is 0 Å². The fourth-order valence-electron chi connectivity index (χ4n) is 4.02. The second-order valence-electron chi connectivity index (χ2n) is 6.87. The zero-order chi connectivity index (χ0) is 16.0. The maximum atomic E-state index is 12.5. The topological polar surface area (TPSA) is 67.7 Å². The Morgan fingerprint density at radius 1 is 1.43 bits per heavy atom. The van der Waals surface area contributed by atoms with Crippen LogP contribution in [-0.4, -0.2) is 70.1 Å². The number of amides is 2. The molecule has 0 saturated carbocycles. The first-order chi connectivity index (χ1) is 11.1. The van der Waals surface area contributed by atoms with E-state index in [1.54, 1.807) is 17.1 Å². The van der Waals surface area contributed by atoms with Gasteiger partial charge >= 0.3 is 0 Å². The normalized spacial score (nSPS) is 30.3. The molecule has 4 heterocycles. The zero-order valence-electron chi connectivity index (χ0n) is 13.4. The van der Waals surface area contributed by atoms with Gasteiger partial charge in [0.25, 0.3) is 5.91 Å². The van der Waals surface area contributed by atoms with E-state index in [2.05, 4.69) is 4.98 Å². The average molecular weight is 318 g/mol. The van der Waals surface area contributed by atoms with E-state index in [9.17, 15) is 9.59 Å². The minimum Gasteiger partial charge on any atom is -0.376 e. The third kappa shape index (κ3) is 2.63. The van der Waals surface area contributed by atoms with Crippen LogP contribution in [0.3, 0.4) is 0 Å². The number of rotatable bonds is 3. The molecule has 0 aliphatic carbocycles. The number of aryl methyl sites for hydroxylation is 1. The molecule has 3 aliphatic rings. The lowest BCUT2D eigenvalue weighted by Crippen LogP contribution is -2.36. The standard InChI is InChI=1S/C16H22N4O3/c1-18-7-13(17-10-18)16(22)20-6-12-11(9-23-14(12)8-20)5-19-4-2-3-15(19)21/h7,10-12,14H,2-6,8-9H2,1H3/t11-,12-,14-/m1/s1. The SMILES string of the molecule is Cn1cnc(C(=O)N2C[C@@H]3[C@H](CN4CCCC4=O)CO[C@@H]3C2)c1. The van der Waals surface area contributed by atoms with Crippen LogP contribution in [0, 0.1) is 11.8 Å². The number of hydrogen-bond acceptors (Lipinski definition) is 4. The van der Waals surface area contributed by atoms with Crippen molar-refractivity contribution in [3.05, 3.63) is 18.2 Å². The molecule has 3 atom stereocenters. The first kappa shape index (κ1) is 14.7. The predicted molar refractivity (Wildman–Crippen MR) is 81.6 cm³/mol. The molecule has 3 fully saturated rings. The van der Waals surface area contributed by atoms with Gasteiger partial charge in [0.15, 0.2) is 0 Å². The lowest BCUT2D eigenvalue weighted by atomic mass is 9.93. The summed E-state index contributed by atoms with van der Waals surface area (Å²) >= 11 is 0. The van der Waals surface area contributed by atoms with Crippen molar-refractivity contribution in [3.8, 4) is 0 Å². The first-order valence-electron chi connectivity index (χ1n) is 8.28. The zero-order valence-corrected chi connectivity index (χ0v) is 13.4. The summed E-state index contributed by atoms with van der Waals surface area (Å²) in [5, 5.41) is 0. The summed E-state index contributed by atoms with van der Waals surface area (Å²) in [7, 11) is 1.86. The molecule has 1 aromatic rings. The van der Waals surface area contributed by atoms with Crippen molar-refractivity contribution in [2.75, 3.05) is 32.8 Å². The smallest absolute Gasteiger partial charge is 0.274 e. The summed E-state index contributed by atoms with van der Waals surface area (Å²) in [6.45, 7) is 3.66. The van der Waals surface area contributed by atoms with Crippen LogP contribution < -0.4 is 0 Å². The van der Waals surface area contributed by atoms with Crippen molar-refractivity contribution in [2.45, 2.75) is 18.9 Å².